The predicted octanol–water partition coefficient (Wildman–Crippen LogP) is 4.55. The fourth-order valence-electron chi connectivity index (χ4n) is 4.57. The van der Waals surface area contributed by atoms with Gasteiger partial charge < -0.3 is 14.2 Å². The van der Waals surface area contributed by atoms with Crippen LogP contribution in [0.2, 0.25) is 0 Å². The molecule has 1 atom stereocenters. The molecule has 0 spiro atoms. The van der Waals surface area contributed by atoms with E-state index in [4.69, 9.17) is 14.2 Å². The zero-order valence-corrected chi connectivity index (χ0v) is 18.4. The predicted molar refractivity (Wildman–Crippen MR) is 118 cm³/mol. The molecule has 0 aromatic heterocycles. The van der Waals surface area contributed by atoms with Crippen LogP contribution in [0, 0.1) is 6.92 Å². The normalized spacial score (nSPS) is 18.7. The number of allylic oxidation sites excluding steroid dienone is 2. The van der Waals surface area contributed by atoms with Gasteiger partial charge in [0.2, 0.25) is 11.7 Å². The van der Waals surface area contributed by atoms with Crippen LogP contribution in [0.3, 0.4) is 0 Å². The second-order valence-corrected chi connectivity index (χ2v) is 7.92. The summed E-state index contributed by atoms with van der Waals surface area (Å²) in [7, 11) is 4.67. The lowest BCUT2D eigenvalue weighted by atomic mass is 9.77. The SMILES string of the molecule is COc1cc(C2CC(=O)N(c3ccc(C)cc3)C3=C2C(=O)CCC3)cc(OC)c1OC. The van der Waals surface area contributed by atoms with Gasteiger partial charge in [-0.05, 0) is 49.6 Å². The number of hydrogen-bond acceptors (Lipinski definition) is 5. The van der Waals surface area contributed by atoms with Crippen LogP contribution in [0.25, 0.3) is 0 Å². The number of ether oxygens (including phenoxy) is 3. The number of nitrogens with zero attached hydrogens (tertiary/aromatic N) is 1. The van der Waals surface area contributed by atoms with Gasteiger partial charge in [-0.15, -0.1) is 0 Å². The average molecular weight is 421 g/mol. The van der Waals surface area contributed by atoms with Crippen molar-refractivity contribution in [2.75, 3.05) is 26.2 Å². The van der Waals surface area contributed by atoms with E-state index >= 15 is 0 Å². The van der Waals surface area contributed by atoms with Crippen LogP contribution in [-0.2, 0) is 9.59 Å². The summed E-state index contributed by atoms with van der Waals surface area (Å²) in [5.74, 6) is 1.25. The van der Waals surface area contributed by atoms with Gasteiger partial charge in [-0.25, -0.2) is 0 Å². The Balaban J connectivity index is 1.87. The van der Waals surface area contributed by atoms with E-state index in [1.54, 1.807) is 26.2 Å². The molecule has 1 aliphatic carbocycles. The number of anilines is 1. The summed E-state index contributed by atoms with van der Waals surface area (Å²) in [6, 6.07) is 11.5. The number of carbonyl (C=O) groups excluding carboxylic acids is 2. The van der Waals surface area contributed by atoms with Crippen molar-refractivity contribution in [2.24, 2.45) is 0 Å². The fourth-order valence-corrected chi connectivity index (χ4v) is 4.57. The van der Waals surface area contributed by atoms with Gasteiger partial charge in [-0.1, -0.05) is 17.7 Å². The second-order valence-electron chi connectivity index (χ2n) is 7.92. The van der Waals surface area contributed by atoms with Crippen LogP contribution in [0.15, 0.2) is 47.7 Å². The van der Waals surface area contributed by atoms with Crippen LogP contribution in [0.4, 0.5) is 5.69 Å². The minimum Gasteiger partial charge on any atom is -0.493 e. The molecule has 1 unspecified atom stereocenters. The van der Waals surface area contributed by atoms with Gasteiger partial charge >= 0.3 is 0 Å². The molecule has 2 aromatic rings. The molecule has 0 saturated carbocycles. The van der Waals surface area contributed by atoms with Gasteiger partial charge in [0.05, 0.1) is 21.3 Å². The third kappa shape index (κ3) is 3.67. The maximum atomic E-state index is 13.4. The van der Waals surface area contributed by atoms with Crippen molar-refractivity contribution >= 4 is 17.4 Å². The molecule has 6 nitrogen and oxygen atoms in total. The highest BCUT2D eigenvalue weighted by atomic mass is 16.5. The molecule has 0 radical (unpaired) electrons. The molecule has 162 valence electrons. The Morgan fingerprint density at radius 3 is 2.13 bits per heavy atom. The first kappa shape index (κ1) is 21.0. The van der Waals surface area contributed by atoms with Crippen LogP contribution in [-0.4, -0.2) is 33.0 Å². The molecule has 0 N–H and O–H groups in total. The molecule has 1 aliphatic heterocycles. The minimum absolute atomic E-state index is 0.0175. The van der Waals surface area contributed by atoms with E-state index in [1.165, 1.54) is 0 Å². The van der Waals surface area contributed by atoms with Crippen molar-refractivity contribution in [2.45, 2.75) is 38.5 Å². The van der Waals surface area contributed by atoms with E-state index in [9.17, 15) is 9.59 Å². The maximum Gasteiger partial charge on any atom is 0.232 e. The summed E-state index contributed by atoms with van der Waals surface area (Å²) in [5.41, 5.74) is 4.28. The highest BCUT2D eigenvalue weighted by Gasteiger charge is 2.40. The molecule has 6 heteroatoms. The number of amides is 1. The summed E-state index contributed by atoms with van der Waals surface area (Å²) < 4.78 is 16.4. The van der Waals surface area contributed by atoms with E-state index in [0.29, 0.717) is 30.1 Å². The quantitative estimate of drug-likeness (QED) is 0.709. The van der Waals surface area contributed by atoms with Crippen LogP contribution in [0.5, 0.6) is 17.2 Å². The molecule has 0 saturated heterocycles. The summed E-state index contributed by atoms with van der Waals surface area (Å²) in [6.07, 6.45) is 2.14. The molecule has 1 heterocycles. The number of rotatable bonds is 5. The first-order chi connectivity index (χ1) is 15.0. The number of methoxy groups -OCH3 is 3. The largest absolute Gasteiger partial charge is 0.493 e. The number of hydrogen-bond donors (Lipinski definition) is 0. The molecule has 0 bridgehead atoms. The number of ketones is 1. The second kappa shape index (κ2) is 8.46. The van der Waals surface area contributed by atoms with Crippen LogP contribution < -0.4 is 19.1 Å². The minimum atomic E-state index is -0.342. The van der Waals surface area contributed by atoms with E-state index in [-0.39, 0.29) is 24.0 Å². The van der Waals surface area contributed by atoms with E-state index in [1.807, 2.05) is 43.3 Å². The number of benzene rings is 2. The Kier molecular flexibility index (Phi) is 5.72. The third-order valence-electron chi connectivity index (χ3n) is 6.06. The van der Waals surface area contributed by atoms with Gasteiger partial charge in [0, 0.05) is 35.7 Å². The highest BCUT2D eigenvalue weighted by molar-refractivity contribution is 6.07. The van der Waals surface area contributed by atoms with Crippen molar-refractivity contribution in [1.29, 1.82) is 0 Å². The first-order valence-corrected chi connectivity index (χ1v) is 10.4. The van der Waals surface area contributed by atoms with Gasteiger partial charge in [-0.2, -0.15) is 0 Å². The summed E-state index contributed by atoms with van der Waals surface area (Å²) in [4.78, 5) is 28.2. The molecule has 31 heavy (non-hydrogen) atoms. The Morgan fingerprint density at radius 1 is 0.903 bits per heavy atom. The van der Waals surface area contributed by atoms with Gasteiger partial charge in [-0.3, -0.25) is 14.5 Å². The average Bonchev–Trinajstić information content (AvgIpc) is 2.78. The molecule has 2 aliphatic rings. The zero-order valence-electron chi connectivity index (χ0n) is 18.4. The van der Waals surface area contributed by atoms with Crippen molar-refractivity contribution < 1.29 is 23.8 Å². The van der Waals surface area contributed by atoms with Crippen molar-refractivity contribution in [3.8, 4) is 17.2 Å². The Morgan fingerprint density at radius 2 is 1.55 bits per heavy atom. The number of Topliss-reactive ketones (excluding diaryl/α,β-unsaturated/α-hetero) is 1. The molecule has 0 fully saturated rings. The molecule has 4 rings (SSSR count). The van der Waals surface area contributed by atoms with Crippen LogP contribution >= 0.6 is 0 Å². The highest BCUT2D eigenvalue weighted by Crippen LogP contribution is 2.47. The third-order valence-corrected chi connectivity index (χ3v) is 6.06. The maximum absolute atomic E-state index is 13.4. The van der Waals surface area contributed by atoms with Crippen molar-refractivity contribution in [1.82, 2.24) is 0 Å². The molecule has 1 amide bonds. The van der Waals surface area contributed by atoms with Gasteiger partial charge in [0.15, 0.2) is 17.3 Å². The van der Waals surface area contributed by atoms with Crippen molar-refractivity contribution in [3.63, 3.8) is 0 Å². The van der Waals surface area contributed by atoms with E-state index < -0.39 is 0 Å². The summed E-state index contributed by atoms with van der Waals surface area (Å²) in [6.45, 7) is 2.01. The standard InChI is InChI=1S/C25H27NO5/c1-15-8-10-17(11-9-15)26-19-6-5-7-20(27)24(19)18(14-23(26)28)16-12-21(29-2)25(31-4)22(13-16)30-3/h8-13,18H,5-7,14H2,1-4H3. The number of carbonyl (C=O) groups is 2. The first-order valence-electron chi connectivity index (χ1n) is 10.4. The zero-order chi connectivity index (χ0) is 22.1. The lowest BCUT2D eigenvalue weighted by Gasteiger charge is -2.38. The Hall–Kier alpha value is -3.28. The Bertz CT molecular complexity index is 1030. The van der Waals surface area contributed by atoms with E-state index in [0.717, 1.165) is 34.5 Å². The summed E-state index contributed by atoms with van der Waals surface area (Å²) in [5, 5.41) is 0. The lowest BCUT2D eigenvalue weighted by molar-refractivity contribution is -0.119. The van der Waals surface area contributed by atoms with Crippen molar-refractivity contribution in [3.05, 3.63) is 58.8 Å². The molecular weight excluding hydrogens is 394 g/mol. The number of aryl methyl sites for hydroxylation is 1. The Labute approximate surface area is 182 Å². The fraction of sp³-hybridized carbons (Fsp3) is 0.360. The molecule has 2 aromatic carbocycles. The molecular formula is C25H27NO5. The summed E-state index contributed by atoms with van der Waals surface area (Å²) >= 11 is 0. The topological polar surface area (TPSA) is 65.1 Å². The lowest BCUT2D eigenvalue weighted by Crippen LogP contribution is -2.40. The monoisotopic (exact) mass is 421 g/mol. The van der Waals surface area contributed by atoms with E-state index in [2.05, 4.69) is 0 Å². The van der Waals surface area contributed by atoms with Crippen LogP contribution in [0.1, 0.15) is 42.7 Å². The van der Waals surface area contributed by atoms with Gasteiger partial charge in [0.1, 0.15) is 0 Å². The van der Waals surface area contributed by atoms with Gasteiger partial charge in [0.25, 0.3) is 0 Å². The smallest absolute Gasteiger partial charge is 0.232 e.